The highest BCUT2D eigenvalue weighted by molar-refractivity contribution is 5.48. The average Bonchev–Trinajstić information content (AvgIpc) is 2.25. The molecule has 16 heavy (non-hydrogen) atoms. The Labute approximate surface area is 91.9 Å². The molecule has 0 unspecified atom stereocenters. The van der Waals surface area contributed by atoms with Crippen LogP contribution in [0.2, 0.25) is 0 Å². The summed E-state index contributed by atoms with van der Waals surface area (Å²) in [4.78, 5) is 1.51. The zero-order chi connectivity index (χ0) is 12.2. The second kappa shape index (κ2) is 4.88. The lowest BCUT2D eigenvalue weighted by molar-refractivity contribution is -0.132. The number of hydrogen-bond acceptors (Lipinski definition) is 2. The quantitative estimate of drug-likeness (QED) is 0.795. The predicted molar refractivity (Wildman–Crippen MR) is 55.1 cm³/mol. The Morgan fingerprint density at radius 2 is 1.81 bits per heavy atom. The van der Waals surface area contributed by atoms with Crippen molar-refractivity contribution in [1.82, 2.24) is 0 Å². The van der Waals surface area contributed by atoms with Crippen LogP contribution in [0.15, 0.2) is 24.3 Å². The fourth-order valence-electron chi connectivity index (χ4n) is 1.21. The summed E-state index contributed by atoms with van der Waals surface area (Å²) in [6.45, 7) is -0.0879. The maximum absolute atomic E-state index is 12.0. The van der Waals surface area contributed by atoms with Crippen molar-refractivity contribution in [3.63, 3.8) is 0 Å². The summed E-state index contributed by atoms with van der Waals surface area (Å²) in [6.07, 6.45) is -4.98. The van der Waals surface area contributed by atoms with E-state index < -0.39 is 12.6 Å². The Balaban J connectivity index is 2.60. The van der Waals surface area contributed by atoms with Crippen molar-refractivity contribution < 1.29 is 13.2 Å². The molecule has 0 aliphatic rings. The number of benzene rings is 1. The number of halogens is 3. The Bertz CT molecular complexity index is 376. The van der Waals surface area contributed by atoms with Crippen LogP contribution in [0.25, 0.3) is 0 Å². The van der Waals surface area contributed by atoms with Crippen LogP contribution < -0.4 is 4.90 Å². The van der Waals surface area contributed by atoms with Gasteiger partial charge in [-0.2, -0.15) is 18.4 Å². The highest BCUT2D eigenvalue weighted by atomic mass is 19.4. The molecule has 86 valence electrons. The lowest BCUT2D eigenvalue weighted by Gasteiger charge is -2.20. The molecular weight excluding hydrogens is 217 g/mol. The summed E-state index contributed by atoms with van der Waals surface area (Å²) < 4.78 is 35.9. The summed E-state index contributed by atoms with van der Waals surface area (Å²) in [5.41, 5.74) is 1.16. The third kappa shape index (κ3) is 3.81. The van der Waals surface area contributed by atoms with Gasteiger partial charge < -0.3 is 4.90 Å². The summed E-state index contributed by atoms with van der Waals surface area (Å²) in [7, 11) is 1.59. The Kier molecular flexibility index (Phi) is 3.78. The van der Waals surface area contributed by atoms with Gasteiger partial charge in [-0.25, -0.2) is 0 Å². The summed E-state index contributed by atoms with van der Waals surface area (Å²) in [6, 6.07) is 8.38. The lowest BCUT2D eigenvalue weighted by Crippen LogP contribution is -2.23. The molecule has 1 aromatic carbocycles. The molecule has 1 rings (SSSR count). The molecule has 1 aromatic rings. The summed E-state index contributed by atoms with van der Waals surface area (Å²) in [5.74, 6) is 0. The highest BCUT2D eigenvalue weighted by Crippen LogP contribution is 2.21. The topological polar surface area (TPSA) is 27.0 Å². The zero-order valence-electron chi connectivity index (χ0n) is 8.75. The molecule has 0 heterocycles. The first kappa shape index (κ1) is 12.4. The minimum absolute atomic E-state index is 0.0879. The SMILES string of the molecule is CN(CCC(F)(F)F)c1ccc(C#N)cc1. The van der Waals surface area contributed by atoms with Crippen LogP contribution in [-0.4, -0.2) is 19.8 Å². The van der Waals surface area contributed by atoms with E-state index in [2.05, 4.69) is 0 Å². The standard InChI is InChI=1S/C11H11F3N2/c1-16(7-6-11(12,13)14)10-4-2-9(8-15)3-5-10/h2-5H,6-7H2,1H3. The minimum Gasteiger partial charge on any atom is -0.374 e. The van der Waals surface area contributed by atoms with Gasteiger partial charge in [-0.05, 0) is 24.3 Å². The van der Waals surface area contributed by atoms with E-state index in [0.717, 1.165) is 0 Å². The van der Waals surface area contributed by atoms with E-state index >= 15 is 0 Å². The second-order valence-corrected chi connectivity index (χ2v) is 3.45. The number of nitrogens with zero attached hydrogens (tertiary/aromatic N) is 2. The smallest absolute Gasteiger partial charge is 0.374 e. The van der Waals surface area contributed by atoms with Crippen LogP contribution in [-0.2, 0) is 0 Å². The molecule has 0 radical (unpaired) electrons. The van der Waals surface area contributed by atoms with E-state index in [9.17, 15) is 13.2 Å². The first-order valence-corrected chi connectivity index (χ1v) is 4.70. The van der Waals surface area contributed by atoms with Crippen LogP contribution in [0, 0.1) is 11.3 Å². The molecule has 0 bridgehead atoms. The molecule has 0 saturated heterocycles. The number of nitriles is 1. The molecule has 2 nitrogen and oxygen atoms in total. The van der Waals surface area contributed by atoms with Crippen molar-refractivity contribution in [2.45, 2.75) is 12.6 Å². The largest absolute Gasteiger partial charge is 0.390 e. The van der Waals surface area contributed by atoms with E-state index in [-0.39, 0.29) is 6.54 Å². The molecule has 0 saturated carbocycles. The molecular formula is C11H11F3N2. The molecule has 0 amide bonds. The van der Waals surface area contributed by atoms with E-state index in [1.807, 2.05) is 6.07 Å². The van der Waals surface area contributed by atoms with Crippen LogP contribution in [0.5, 0.6) is 0 Å². The molecule has 0 fully saturated rings. The fourth-order valence-corrected chi connectivity index (χ4v) is 1.21. The Morgan fingerprint density at radius 1 is 1.25 bits per heavy atom. The first-order chi connectivity index (χ1) is 7.42. The van der Waals surface area contributed by atoms with Crippen molar-refractivity contribution in [1.29, 1.82) is 5.26 Å². The molecule has 0 N–H and O–H groups in total. The fraction of sp³-hybridized carbons (Fsp3) is 0.364. The molecule has 0 aliphatic heterocycles. The van der Waals surface area contributed by atoms with Crippen molar-refractivity contribution >= 4 is 5.69 Å². The molecule has 5 heteroatoms. The van der Waals surface area contributed by atoms with Crippen LogP contribution in [0.1, 0.15) is 12.0 Å². The van der Waals surface area contributed by atoms with Crippen molar-refractivity contribution in [3.05, 3.63) is 29.8 Å². The summed E-state index contributed by atoms with van der Waals surface area (Å²) in [5, 5.41) is 8.56. The third-order valence-electron chi connectivity index (χ3n) is 2.17. The monoisotopic (exact) mass is 228 g/mol. The number of anilines is 1. The van der Waals surface area contributed by atoms with Crippen LogP contribution in [0.3, 0.4) is 0 Å². The number of hydrogen-bond donors (Lipinski definition) is 0. The molecule has 0 atom stereocenters. The van der Waals surface area contributed by atoms with Gasteiger partial charge >= 0.3 is 6.18 Å². The van der Waals surface area contributed by atoms with E-state index in [4.69, 9.17) is 5.26 Å². The Morgan fingerprint density at radius 3 is 2.25 bits per heavy atom. The average molecular weight is 228 g/mol. The number of rotatable bonds is 3. The maximum Gasteiger partial charge on any atom is 0.390 e. The van der Waals surface area contributed by atoms with E-state index in [1.165, 1.54) is 4.90 Å². The van der Waals surface area contributed by atoms with Gasteiger partial charge in [0.2, 0.25) is 0 Å². The molecule has 0 spiro atoms. The van der Waals surface area contributed by atoms with Gasteiger partial charge in [0.1, 0.15) is 0 Å². The zero-order valence-corrected chi connectivity index (χ0v) is 8.75. The minimum atomic E-state index is -4.14. The number of alkyl halides is 3. The van der Waals surface area contributed by atoms with Gasteiger partial charge in [0.25, 0.3) is 0 Å². The van der Waals surface area contributed by atoms with E-state index in [0.29, 0.717) is 11.3 Å². The van der Waals surface area contributed by atoms with Gasteiger partial charge in [0.05, 0.1) is 18.1 Å². The van der Waals surface area contributed by atoms with Gasteiger partial charge in [-0.15, -0.1) is 0 Å². The highest BCUT2D eigenvalue weighted by Gasteiger charge is 2.27. The second-order valence-electron chi connectivity index (χ2n) is 3.45. The van der Waals surface area contributed by atoms with E-state index in [1.54, 1.807) is 31.3 Å². The molecule has 0 aliphatic carbocycles. The van der Waals surface area contributed by atoms with Crippen molar-refractivity contribution in [2.24, 2.45) is 0 Å². The third-order valence-corrected chi connectivity index (χ3v) is 2.17. The van der Waals surface area contributed by atoms with Crippen molar-refractivity contribution in [3.8, 4) is 6.07 Å². The summed E-state index contributed by atoms with van der Waals surface area (Å²) >= 11 is 0. The molecule has 0 aromatic heterocycles. The van der Waals surface area contributed by atoms with Crippen LogP contribution >= 0.6 is 0 Å². The van der Waals surface area contributed by atoms with Gasteiger partial charge in [0.15, 0.2) is 0 Å². The lowest BCUT2D eigenvalue weighted by atomic mass is 10.2. The van der Waals surface area contributed by atoms with Crippen LogP contribution in [0.4, 0.5) is 18.9 Å². The normalized spacial score (nSPS) is 10.9. The van der Waals surface area contributed by atoms with Gasteiger partial charge in [0, 0.05) is 19.3 Å². The first-order valence-electron chi connectivity index (χ1n) is 4.70. The van der Waals surface area contributed by atoms with Gasteiger partial charge in [-0.1, -0.05) is 0 Å². The maximum atomic E-state index is 12.0. The Hall–Kier alpha value is -1.70. The predicted octanol–water partition coefficient (Wildman–Crippen LogP) is 2.95. The van der Waals surface area contributed by atoms with Crippen molar-refractivity contribution in [2.75, 3.05) is 18.5 Å². The van der Waals surface area contributed by atoms with Gasteiger partial charge in [-0.3, -0.25) is 0 Å².